The van der Waals surface area contributed by atoms with Crippen molar-refractivity contribution in [2.45, 2.75) is 18.6 Å². The number of carboxylic acids is 1. The van der Waals surface area contributed by atoms with Crippen LogP contribution in [0, 0.1) is 6.92 Å². The van der Waals surface area contributed by atoms with Gasteiger partial charge >= 0.3 is 5.97 Å². The third-order valence-electron chi connectivity index (χ3n) is 6.44. The van der Waals surface area contributed by atoms with Gasteiger partial charge in [0.1, 0.15) is 12.1 Å². The molecule has 1 unspecified atom stereocenters. The summed E-state index contributed by atoms with van der Waals surface area (Å²) in [5.74, 6) is 0.703. The molecule has 3 N–H and O–H groups in total. The van der Waals surface area contributed by atoms with E-state index in [0.29, 0.717) is 0 Å². The average molecular weight is 518 g/mol. The van der Waals surface area contributed by atoms with Crippen molar-refractivity contribution in [1.82, 2.24) is 19.9 Å². The van der Waals surface area contributed by atoms with Crippen molar-refractivity contribution in [2.75, 3.05) is 43.9 Å². The van der Waals surface area contributed by atoms with Crippen LogP contribution < -0.4 is 5.32 Å². The van der Waals surface area contributed by atoms with Gasteiger partial charge in [0.15, 0.2) is 0 Å². The monoisotopic (exact) mass is 517 g/mol. The first-order valence-electron chi connectivity index (χ1n) is 12.5. The molecule has 2 aromatic carbocycles. The minimum atomic E-state index is -0.944. The highest BCUT2D eigenvalue weighted by atomic mass is 32.2. The lowest BCUT2D eigenvalue weighted by Crippen LogP contribution is -2.37. The zero-order valence-electron chi connectivity index (χ0n) is 20.8. The fraction of sp³-hybridized carbons (Fsp3) is 0.321. The molecule has 1 aliphatic rings. The molecule has 192 valence electrons. The lowest BCUT2D eigenvalue weighted by atomic mass is 10.1. The van der Waals surface area contributed by atoms with Crippen LogP contribution in [0.15, 0.2) is 60.9 Å². The normalized spacial score (nSPS) is 15.5. The third-order valence-corrected chi connectivity index (χ3v) is 7.75. The highest BCUT2D eigenvalue weighted by Crippen LogP contribution is 2.34. The number of aliphatic carboxylic acids is 1. The molecule has 5 rings (SSSR count). The summed E-state index contributed by atoms with van der Waals surface area (Å²) in [7, 11) is 0. The molecule has 0 aliphatic carbocycles. The molecular weight excluding hydrogens is 486 g/mol. The molecule has 0 radical (unpaired) electrons. The Morgan fingerprint density at radius 1 is 1.22 bits per heavy atom. The van der Waals surface area contributed by atoms with Crippen molar-refractivity contribution in [2.24, 2.45) is 0 Å². The van der Waals surface area contributed by atoms with Gasteiger partial charge in [-0.2, -0.15) is 0 Å². The van der Waals surface area contributed by atoms with Crippen LogP contribution in [-0.2, 0) is 9.53 Å². The first kappa shape index (κ1) is 25.3. The van der Waals surface area contributed by atoms with Gasteiger partial charge in [0, 0.05) is 52.1 Å². The quantitative estimate of drug-likeness (QED) is 0.192. The van der Waals surface area contributed by atoms with E-state index in [4.69, 9.17) is 4.74 Å². The van der Waals surface area contributed by atoms with Crippen molar-refractivity contribution < 1.29 is 14.6 Å². The SMILES string of the molecule is Cc1cc2cc(Nc3ncnc4ccc(C(C=CC(=O)O)SCCCN5CCOCC5)cc34)ccc2[nH]1. The number of aromatic nitrogens is 3. The van der Waals surface area contributed by atoms with E-state index in [0.717, 1.165) is 89.6 Å². The molecule has 0 spiro atoms. The van der Waals surface area contributed by atoms with Crippen LogP contribution >= 0.6 is 11.8 Å². The molecule has 0 bridgehead atoms. The number of ether oxygens (including phenoxy) is 1. The second kappa shape index (κ2) is 11.8. The number of aromatic amines is 1. The summed E-state index contributed by atoms with van der Waals surface area (Å²) in [6.45, 7) is 6.61. The molecule has 8 nitrogen and oxygen atoms in total. The number of hydrogen-bond acceptors (Lipinski definition) is 7. The minimum Gasteiger partial charge on any atom is -0.478 e. The maximum atomic E-state index is 11.3. The van der Waals surface area contributed by atoms with Crippen molar-refractivity contribution in [1.29, 1.82) is 0 Å². The lowest BCUT2D eigenvalue weighted by molar-refractivity contribution is -0.131. The van der Waals surface area contributed by atoms with Gasteiger partial charge in [0.2, 0.25) is 0 Å². The van der Waals surface area contributed by atoms with E-state index in [-0.39, 0.29) is 5.25 Å². The summed E-state index contributed by atoms with van der Waals surface area (Å²) in [5, 5.41) is 14.7. The van der Waals surface area contributed by atoms with Crippen molar-refractivity contribution in [3.8, 4) is 0 Å². The Kier molecular flexibility index (Phi) is 8.03. The molecule has 4 aromatic rings. The lowest BCUT2D eigenvalue weighted by Gasteiger charge is -2.26. The van der Waals surface area contributed by atoms with Gasteiger partial charge in [-0.1, -0.05) is 12.1 Å². The number of nitrogens with one attached hydrogen (secondary N) is 2. The summed E-state index contributed by atoms with van der Waals surface area (Å²) >= 11 is 1.75. The third kappa shape index (κ3) is 6.49. The molecule has 0 saturated carbocycles. The number of morpholine rings is 1. The number of fused-ring (bicyclic) bond motifs is 2. The Morgan fingerprint density at radius 3 is 2.92 bits per heavy atom. The molecule has 1 atom stereocenters. The number of nitrogens with zero attached hydrogens (tertiary/aromatic N) is 3. The Balaban J connectivity index is 1.36. The zero-order chi connectivity index (χ0) is 25.6. The second-order valence-corrected chi connectivity index (χ2v) is 10.4. The summed E-state index contributed by atoms with van der Waals surface area (Å²) in [4.78, 5) is 26.0. The molecule has 9 heteroatoms. The Labute approximate surface area is 220 Å². The highest BCUT2D eigenvalue weighted by molar-refractivity contribution is 7.99. The number of rotatable bonds is 10. The summed E-state index contributed by atoms with van der Waals surface area (Å²) in [5.41, 5.74) is 5.01. The molecule has 2 aromatic heterocycles. The van der Waals surface area contributed by atoms with Gasteiger partial charge in [-0.15, -0.1) is 11.8 Å². The summed E-state index contributed by atoms with van der Waals surface area (Å²) < 4.78 is 5.43. The van der Waals surface area contributed by atoms with Gasteiger partial charge in [-0.25, -0.2) is 14.8 Å². The van der Waals surface area contributed by atoms with Crippen LogP contribution in [0.1, 0.15) is 22.9 Å². The Morgan fingerprint density at radius 2 is 2.08 bits per heavy atom. The molecule has 1 aliphatic heterocycles. The van der Waals surface area contributed by atoms with Gasteiger partial charge < -0.3 is 20.1 Å². The molecule has 3 heterocycles. The summed E-state index contributed by atoms with van der Waals surface area (Å²) in [6.07, 6.45) is 5.60. The van der Waals surface area contributed by atoms with Gasteiger partial charge in [0.25, 0.3) is 0 Å². The largest absolute Gasteiger partial charge is 0.478 e. The van der Waals surface area contributed by atoms with Crippen LogP contribution in [-0.4, -0.2) is 69.5 Å². The standard InChI is InChI=1S/C28H31N5O3S/c1-19-15-21-16-22(4-6-24(21)31-19)32-28-23-17-20(3-5-25(23)29-18-30-28)26(7-8-27(34)35)37-14-2-9-33-10-12-36-13-11-33/h3-8,15-18,26,31H,2,9-14H2,1H3,(H,34,35)(H,29,30,32). The fourth-order valence-electron chi connectivity index (χ4n) is 4.60. The van der Waals surface area contributed by atoms with Crippen molar-refractivity contribution >= 4 is 51.0 Å². The van der Waals surface area contributed by atoms with E-state index in [9.17, 15) is 9.90 Å². The number of hydrogen-bond donors (Lipinski definition) is 3. The maximum Gasteiger partial charge on any atom is 0.328 e. The average Bonchev–Trinajstić information content (AvgIpc) is 3.28. The van der Waals surface area contributed by atoms with Crippen LogP contribution in [0.4, 0.5) is 11.5 Å². The van der Waals surface area contributed by atoms with Gasteiger partial charge in [0.05, 0.1) is 18.7 Å². The topological polar surface area (TPSA) is 103 Å². The van der Waals surface area contributed by atoms with Crippen LogP contribution in [0.5, 0.6) is 0 Å². The molecule has 0 amide bonds. The van der Waals surface area contributed by atoms with Gasteiger partial charge in [-0.3, -0.25) is 4.90 Å². The van der Waals surface area contributed by atoms with Crippen LogP contribution in [0.25, 0.3) is 21.8 Å². The number of carbonyl (C=O) groups is 1. The molecule has 37 heavy (non-hydrogen) atoms. The summed E-state index contributed by atoms with van der Waals surface area (Å²) in [6, 6.07) is 14.4. The smallest absolute Gasteiger partial charge is 0.328 e. The number of benzene rings is 2. The zero-order valence-corrected chi connectivity index (χ0v) is 21.6. The van der Waals surface area contributed by atoms with Crippen molar-refractivity contribution in [3.63, 3.8) is 0 Å². The predicted molar refractivity (Wildman–Crippen MR) is 150 cm³/mol. The van der Waals surface area contributed by atoms with Crippen LogP contribution in [0.3, 0.4) is 0 Å². The Bertz CT molecular complexity index is 1410. The predicted octanol–water partition coefficient (Wildman–Crippen LogP) is 5.30. The molecule has 1 fully saturated rings. The van der Waals surface area contributed by atoms with Gasteiger partial charge in [-0.05, 0) is 67.6 Å². The first-order valence-corrected chi connectivity index (χ1v) is 13.5. The van der Waals surface area contributed by atoms with E-state index in [1.54, 1.807) is 24.2 Å². The van der Waals surface area contributed by atoms with Crippen molar-refractivity contribution in [3.05, 3.63) is 72.2 Å². The number of H-pyrrole nitrogens is 1. The number of aryl methyl sites for hydroxylation is 1. The number of anilines is 2. The highest BCUT2D eigenvalue weighted by Gasteiger charge is 2.14. The maximum absolute atomic E-state index is 11.3. The molecular formula is C28H31N5O3S. The fourth-order valence-corrected chi connectivity index (χ4v) is 5.68. The van der Waals surface area contributed by atoms with E-state index < -0.39 is 5.97 Å². The van der Waals surface area contributed by atoms with E-state index in [1.807, 2.05) is 25.1 Å². The molecule has 1 saturated heterocycles. The van der Waals surface area contributed by atoms with E-state index in [2.05, 4.69) is 49.4 Å². The number of thioether (sulfide) groups is 1. The van der Waals surface area contributed by atoms with E-state index in [1.165, 1.54) is 6.08 Å². The minimum absolute atomic E-state index is 0.0857. The van der Waals surface area contributed by atoms with E-state index >= 15 is 0 Å². The van der Waals surface area contributed by atoms with Crippen LogP contribution in [0.2, 0.25) is 0 Å². The second-order valence-electron chi connectivity index (χ2n) is 9.17. The first-order chi connectivity index (χ1) is 18.0. The Hall–Kier alpha value is -3.40. The number of carboxylic acid groups (broad SMARTS) is 1.